The van der Waals surface area contributed by atoms with E-state index in [1.807, 2.05) is 0 Å². The Morgan fingerprint density at radius 3 is 1.94 bits per heavy atom. The van der Waals surface area contributed by atoms with Crippen LogP contribution in [0.1, 0.15) is 73.1 Å². The average molecular weight is 225 g/mol. The lowest BCUT2D eigenvalue weighted by Crippen LogP contribution is -2.35. The van der Waals surface area contributed by atoms with Crippen LogP contribution in [0.4, 0.5) is 0 Å². The van der Waals surface area contributed by atoms with Crippen LogP contribution in [0.15, 0.2) is 0 Å². The average Bonchev–Trinajstić information content (AvgIpc) is 3.02. The summed E-state index contributed by atoms with van der Waals surface area (Å²) in [6.07, 6.45) is 8.18. The molecular weight excluding hydrogens is 194 g/mol. The molecule has 1 aliphatic carbocycles. The molecule has 0 spiro atoms. The van der Waals surface area contributed by atoms with Crippen molar-refractivity contribution in [2.75, 3.05) is 6.54 Å². The Bertz CT molecular complexity index is 194. The fourth-order valence-corrected chi connectivity index (χ4v) is 2.23. The topological polar surface area (TPSA) is 12.0 Å². The molecule has 1 rings (SSSR count). The zero-order chi connectivity index (χ0) is 12.2. The Morgan fingerprint density at radius 2 is 1.56 bits per heavy atom. The predicted octanol–water partition coefficient (Wildman–Crippen LogP) is 4.37. The second-order valence-electron chi connectivity index (χ2n) is 6.92. The highest BCUT2D eigenvalue weighted by atomic mass is 15.0. The van der Waals surface area contributed by atoms with Crippen LogP contribution in [0.3, 0.4) is 0 Å². The summed E-state index contributed by atoms with van der Waals surface area (Å²) in [5.41, 5.74) is 1.03. The van der Waals surface area contributed by atoms with Crippen molar-refractivity contribution in [3.8, 4) is 0 Å². The molecule has 1 aliphatic rings. The molecule has 0 radical (unpaired) electrons. The third-order valence-corrected chi connectivity index (χ3v) is 4.25. The first kappa shape index (κ1) is 14.0. The Morgan fingerprint density at radius 1 is 1.00 bits per heavy atom. The summed E-state index contributed by atoms with van der Waals surface area (Å²) < 4.78 is 0. The van der Waals surface area contributed by atoms with Gasteiger partial charge in [0.05, 0.1) is 0 Å². The van der Waals surface area contributed by atoms with E-state index in [2.05, 4.69) is 39.9 Å². The second kappa shape index (κ2) is 5.53. The summed E-state index contributed by atoms with van der Waals surface area (Å²) in [6.45, 7) is 13.0. The van der Waals surface area contributed by atoms with E-state index in [0.717, 1.165) is 6.04 Å². The number of rotatable bonds is 7. The van der Waals surface area contributed by atoms with Crippen molar-refractivity contribution in [3.63, 3.8) is 0 Å². The molecule has 1 fully saturated rings. The molecule has 0 saturated heterocycles. The fourth-order valence-electron chi connectivity index (χ4n) is 2.23. The molecule has 0 unspecified atom stereocenters. The minimum atomic E-state index is 0.481. The predicted molar refractivity (Wildman–Crippen MR) is 72.7 cm³/mol. The fraction of sp³-hybridized carbons (Fsp3) is 1.00. The molecule has 1 nitrogen and oxygen atoms in total. The maximum Gasteiger partial charge on any atom is 0.00684 e. The van der Waals surface area contributed by atoms with Crippen LogP contribution in [0.5, 0.6) is 0 Å². The van der Waals surface area contributed by atoms with Crippen molar-refractivity contribution < 1.29 is 0 Å². The highest BCUT2D eigenvalue weighted by molar-refractivity contribution is 4.87. The summed E-state index contributed by atoms with van der Waals surface area (Å²) in [5.74, 6) is 0. The van der Waals surface area contributed by atoms with Gasteiger partial charge in [-0.25, -0.2) is 0 Å². The highest BCUT2D eigenvalue weighted by Crippen LogP contribution is 2.36. The maximum absolute atomic E-state index is 3.74. The van der Waals surface area contributed by atoms with Crippen molar-refractivity contribution in [3.05, 3.63) is 0 Å². The van der Waals surface area contributed by atoms with Crippen LogP contribution in [0.25, 0.3) is 0 Å². The monoisotopic (exact) mass is 225 g/mol. The molecule has 0 heterocycles. The van der Waals surface area contributed by atoms with Gasteiger partial charge in [0, 0.05) is 12.6 Å². The van der Waals surface area contributed by atoms with Gasteiger partial charge in [-0.2, -0.15) is 0 Å². The van der Waals surface area contributed by atoms with Gasteiger partial charge in [-0.1, -0.05) is 34.6 Å². The van der Waals surface area contributed by atoms with Gasteiger partial charge < -0.3 is 5.32 Å². The standard InChI is InChI=1S/C15H31N/c1-6-15(7-2,11-10-14(3,4)5)12-16-13-8-9-13/h13,16H,6-12H2,1-5H3. The lowest BCUT2D eigenvalue weighted by Gasteiger charge is -2.35. The van der Waals surface area contributed by atoms with Crippen LogP contribution in [-0.2, 0) is 0 Å². The molecule has 1 N–H and O–H groups in total. The van der Waals surface area contributed by atoms with Gasteiger partial charge in [-0.15, -0.1) is 0 Å². The Hall–Kier alpha value is -0.0400. The van der Waals surface area contributed by atoms with Gasteiger partial charge in [-0.3, -0.25) is 0 Å². The first-order valence-corrected chi connectivity index (χ1v) is 7.14. The van der Waals surface area contributed by atoms with Gasteiger partial charge in [0.1, 0.15) is 0 Å². The van der Waals surface area contributed by atoms with Crippen LogP contribution in [-0.4, -0.2) is 12.6 Å². The third-order valence-electron chi connectivity index (χ3n) is 4.25. The van der Waals surface area contributed by atoms with Gasteiger partial charge in [0.2, 0.25) is 0 Å². The van der Waals surface area contributed by atoms with E-state index in [1.165, 1.54) is 45.1 Å². The van der Waals surface area contributed by atoms with Crippen molar-refractivity contribution in [2.24, 2.45) is 10.8 Å². The van der Waals surface area contributed by atoms with Gasteiger partial charge in [0.25, 0.3) is 0 Å². The summed E-state index contributed by atoms with van der Waals surface area (Å²) in [5, 5.41) is 3.74. The van der Waals surface area contributed by atoms with Crippen molar-refractivity contribution in [2.45, 2.75) is 79.2 Å². The van der Waals surface area contributed by atoms with E-state index in [0.29, 0.717) is 10.8 Å². The van der Waals surface area contributed by atoms with Gasteiger partial charge in [-0.05, 0) is 49.4 Å². The van der Waals surface area contributed by atoms with Crippen molar-refractivity contribution >= 4 is 0 Å². The Labute approximate surface area is 102 Å². The minimum Gasteiger partial charge on any atom is -0.313 e. The first-order chi connectivity index (χ1) is 7.41. The Kier molecular flexibility index (Phi) is 4.85. The number of hydrogen-bond acceptors (Lipinski definition) is 1. The van der Waals surface area contributed by atoms with Crippen LogP contribution in [0, 0.1) is 10.8 Å². The van der Waals surface area contributed by atoms with Crippen LogP contribution >= 0.6 is 0 Å². The third kappa shape index (κ3) is 4.86. The van der Waals surface area contributed by atoms with Crippen LogP contribution in [0.2, 0.25) is 0 Å². The molecule has 0 aliphatic heterocycles. The molecule has 1 saturated carbocycles. The minimum absolute atomic E-state index is 0.481. The van der Waals surface area contributed by atoms with E-state index < -0.39 is 0 Å². The first-order valence-electron chi connectivity index (χ1n) is 7.14. The molecule has 0 aromatic heterocycles. The largest absolute Gasteiger partial charge is 0.313 e. The number of nitrogens with one attached hydrogen (secondary N) is 1. The van der Waals surface area contributed by atoms with E-state index in [9.17, 15) is 0 Å². The van der Waals surface area contributed by atoms with E-state index in [1.54, 1.807) is 0 Å². The van der Waals surface area contributed by atoms with Crippen molar-refractivity contribution in [1.29, 1.82) is 0 Å². The summed E-state index contributed by atoms with van der Waals surface area (Å²) >= 11 is 0. The van der Waals surface area contributed by atoms with Crippen LogP contribution < -0.4 is 5.32 Å². The molecule has 0 aromatic rings. The van der Waals surface area contributed by atoms with E-state index >= 15 is 0 Å². The molecule has 1 heteroatoms. The SMILES string of the molecule is CCC(CC)(CCC(C)(C)C)CNC1CC1. The zero-order valence-corrected chi connectivity index (χ0v) is 12.0. The maximum atomic E-state index is 3.74. The molecular formula is C15H31N. The van der Waals surface area contributed by atoms with E-state index in [-0.39, 0.29) is 0 Å². The van der Waals surface area contributed by atoms with Gasteiger partial charge >= 0.3 is 0 Å². The molecule has 0 atom stereocenters. The Balaban J connectivity index is 2.41. The summed E-state index contributed by atoms with van der Waals surface area (Å²) in [7, 11) is 0. The molecule has 96 valence electrons. The van der Waals surface area contributed by atoms with E-state index in [4.69, 9.17) is 0 Å². The smallest absolute Gasteiger partial charge is 0.00684 e. The molecule has 0 bridgehead atoms. The lowest BCUT2D eigenvalue weighted by molar-refractivity contribution is 0.188. The summed E-state index contributed by atoms with van der Waals surface area (Å²) in [4.78, 5) is 0. The highest BCUT2D eigenvalue weighted by Gasteiger charge is 2.30. The quantitative estimate of drug-likeness (QED) is 0.678. The normalized spacial score (nSPS) is 17.8. The van der Waals surface area contributed by atoms with Gasteiger partial charge in [0.15, 0.2) is 0 Å². The molecule has 16 heavy (non-hydrogen) atoms. The molecule has 0 aromatic carbocycles. The lowest BCUT2D eigenvalue weighted by atomic mass is 9.74. The molecule has 0 amide bonds. The zero-order valence-electron chi connectivity index (χ0n) is 12.0. The summed E-state index contributed by atoms with van der Waals surface area (Å²) in [6, 6.07) is 0.854. The second-order valence-corrected chi connectivity index (χ2v) is 6.92. The van der Waals surface area contributed by atoms with Crippen molar-refractivity contribution in [1.82, 2.24) is 5.32 Å². The number of hydrogen-bond donors (Lipinski definition) is 1.